The van der Waals surface area contributed by atoms with E-state index in [1.807, 2.05) is 60.7 Å². The van der Waals surface area contributed by atoms with Crippen LogP contribution in [0.4, 0.5) is 0 Å². The Kier molecular flexibility index (Phi) is 5.62. The van der Waals surface area contributed by atoms with Gasteiger partial charge in [0.2, 0.25) is 0 Å². The van der Waals surface area contributed by atoms with E-state index < -0.39 is 0 Å². The number of benzene rings is 3. The first-order chi connectivity index (χ1) is 16.1. The summed E-state index contributed by atoms with van der Waals surface area (Å²) >= 11 is 6.04. The normalized spacial score (nSPS) is 11.2. The Morgan fingerprint density at radius 1 is 1.00 bits per heavy atom. The van der Waals surface area contributed by atoms with E-state index in [1.54, 1.807) is 10.7 Å². The van der Waals surface area contributed by atoms with Gasteiger partial charge in [0, 0.05) is 17.1 Å². The van der Waals surface area contributed by atoms with E-state index in [9.17, 15) is 9.59 Å². The molecule has 0 aliphatic carbocycles. The molecule has 1 N–H and O–H groups in total. The van der Waals surface area contributed by atoms with Crippen LogP contribution in [0.2, 0.25) is 5.02 Å². The highest BCUT2D eigenvalue weighted by molar-refractivity contribution is 6.30. The number of rotatable bonds is 6. The second kappa shape index (κ2) is 8.88. The number of nitrogens with one attached hydrogen (secondary N) is 1. The zero-order valence-electron chi connectivity index (χ0n) is 17.6. The number of hydrogen-bond donors (Lipinski definition) is 1. The summed E-state index contributed by atoms with van der Waals surface area (Å²) in [5.74, 6) is -0.153. The Morgan fingerprint density at radius 2 is 1.82 bits per heavy atom. The monoisotopic (exact) mass is 457 g/mol. The van der Waals surface area contributed by atoms with Crippen LogP contribution >= 0.6 is 11.6 Å². The molecule has 0 saturated carbocycles. The van der Waals surface area contributed by atoms with Crippen molar-refractivity contribution in [3.05, 3.63) is 106 Å². The SMILES string of the molecule is O=C(NCCn1ncc2c(=O)n(Cc3cccc(Cl)c3)cnc21)c1cccc2ccccc12. The molecule has 0 spiro atoms. The van der Waals surface area contributed by atoms with Crippen molar-refractivity contribution in [3.8, 4) is 0 Å². The average molecular weight is 458 g/mol. The summed E-state index contributed by atoms with van der Waals surface area (Å²) in [4.78, 5) is 30.1. The minimum atomic E-state index is -0.175. The molecule has 5 aromatic rings. The van der Waals surface area contributed by atoms with Crippen LogP contribution in [0.1, 0.15) is 15.9 Å². The van der Waals surface area contributed by atoms with Crippen molar-refractivity contribution in [3.63, 3.8) is 0 Å². The largest absolute Gasteiger partial charge is 0.350 e. The Bertz CT molecular complexity index is 1530. The van der Waals surface area contributed by atoms with Gasteiger partial charge in [-0.1, -0.05) is 60.1 Å². The molecule has 0 atom stereocenters. The van der Waals surface area contributed by atoms with Gasteiger partial charge < -0.3 is 5.32 Å². The molecule has 3 aromatic carbocycles. The second-order valence-electron chi connectivity index (χ2n) is 7.70. The highest BCUT2D eigenvalue weighted by atomic mass is 35.5. The molecule has 0 fully saturated rings. The molecular formula is C25H20ClN5O2. The molecule has 33 heavy (non-hydrogen) atoms. The molecule has 2 aromatic heterocycles. The molecule has 0 saturated heterocycles. The molecule has 7 nitrogen and oxygen atoms in total. The third-order valence-electron chi connectivity index (χ3n) is 5.51. The van der Waals surface area contributed by atoms with Gasteiger partial charge >= 0.3 is 0 Å². The van der Waals surface area contributed by atoms with Crippen molar-refractivity contribution < 1.29 is 4.79 Å². The lowest BCUT2D eigenvalue weighted by Gasteiger charge is -2.09. The molecule has 0 unspecified atom stereocenters. The lowest BCUT2D eigenvalue weighted by atomic mass is 10.0. The molecular weight excluding hydrogens is 438 g/mol. The minimum Gasteiger partial charge on any atom is -0.350 e. The summed E-state index contributed by atoms with van der Waals surface area (Å²) in [5.41, 5.74) is 1.85. The molecule has 8 heteroatoms. The lowest BCUT2D eigenvalue weighted by molar-refractivity contribution is 0.0953. The lowest BCUT2D eigenvalue weighted by Crippen LogP contribution is -2.28. The van der Waals surface area contributed by atoms with Crippen LogP contribution in [0, 0.1) is 0 Å². The summed E-state index contributed by atoms with van der Waals surface area (Å²) in [6.45, 7) is 1.12. The number of aromatic nitrogens is 4. The maximum Gasteiger partial charge on any atom is 0.264 e. The van der Waals surface area contributed by atoms with Crippen molar-refractivity contribution in [2.75, 3.05) is 6.54 Å². The molecule has 2 heterocycles. The van der Waals surface area contributed by atoms with Gasteiger partial charge in [-0.2, -0.15) is 5.10 Å². The standard InChI is InChI=1S/C25H20ClN5O2/c26-19-8-3-5-17(13-19)15-30-16-28-23-22(25(30)33)14-29-31(23)12-11-27-24(32)21-10-4-7-18-6-1-2-9-20(18)21/h1-10,13-14,16H,11-12,15H2,(H,27,32). The summed E-state index contributed by atoms with van der Waals surface area (Å²) in [6.07, 6.45) is 3.03. The minimum absolute atomic E-state index is 0.153. The number of nitrogens with zero attached hydrogens (tertiary/aromatic N) is 4. The van der Waals surface area contributed by atoms with Gasteiger partial charge in [0.15, 0.2) is 5.65 Å². The number of halogens is 1. The topological polar surface area (TPSA) is 81.8 Å². The first-order valence-corrected chi connectivity index (χ1v) is 10.9. The van der Waals surface area contributed by atoms with Crippen molar-refractivity contribution in [2.24, 2.45) is 0 Å². The van der Waals surface area contributed by atoms with Crippen LogP contribution in [0.3, 0.4) is 0 Å². The number of hydrogen-bond acceptors (Lipinski definition) is 4. The third kappa shape index (κ3) is 4.23. The first-order valence-electron chi connectivity index (χ1n) is 10.5. The Balaban J connectivity index is 1.30. The van der Waals surface area contributed by atoms with E-state index in [1.165, 1.54) is 17.1 Å². The Morgan fingerprint density at radius 3 is 2.70 bits per heavy atom. The van der Waals surface area contributed by atoms with Gasteiger partial charge in [0.1, 0.15) is 11.7 Å². The molecule has 5 rings (SSSR count). The first kappa shape index (κ1) is 20.9. The van der Waals surface area contributed by atoms with Gasteiger partial charge in [-0.25, -0.2) is 9.67 Å². The van der Waals surface area contributed by atoms with Gasteiger partial charge in [0.05, 0.1) is 19.3 Å². The molecule has 0 aliphatic heterocycles. The summed E-state index contributed by atoms with van der Waals surface area (Å²) < 4.78 is 3.16. The van der Waals surface area contributed by atoms with Crippen LogP contribution in [0.5, 0.6) is 0 Å². The Labute approximate surface area is 194 Å². The quantitative estimate of drug-likeness (QED) is 0.419. The average Bonchev–Trinajstić information content (AvgIpc) is 3.24. The van der Waals surface area contributed by atoms with Gasteiger partial charge in [0.25, 0.3) is 11.5 Å². The van der Waals surface area contributed by atoms with Crippen LogP contribution in [0.15, 0.2) is 84.0 Å². The van der Waals surface area contributed by atoms with E-state index in [0.29, 0.717) is 41.3 Å². The zero-order chi connectivity index (χ0) is 22.8. The molecule has 0 aliphatic rings. The molecule has 0 bridgehead atoms. The van der Waals surface area contributed by atoms with Crippen LogP contribution in [-0.4, -0.2) is 31.8 Å². The zero-order valence-corrected chi connectivity index (χ0v) is 18.4. The fourth-order valence-electron chi connectivity index (χ4n) is 3.90. The highest BCUT2D eigenvalue weighted by Gasteiger charge is 2.12. The van der Waals surface area contributed by atoms with Crippen LogP contribution < -0.4 is 10.9 Å². The number of fused-ring (bicyclic) bond motifs is 2. The second-order valence-corrected chi connectivity index (χ2v) is 8.13. The fraction of sp³-hybridized carbons (Fsp3) is 0.120. The third-order valence-corrected chi connectivity index (χ3v) is 5.74. The number of carbonyl (C=O) groups is 1. The van der Waals surface area contributed by atoms with Crippen molar-refractivity contribution in [1.82, 2.24) is 24.6 Å². The predicted octanol–water partition coefficient (Wildman–Crippen LogP) is 3.88. The molecule has 0 radical (unpaired) electrons. The maximum atomic E-state index is 12.9. The van der Waals surface area contributed by atoms with Gasteiger partial charge in [-0.05, 0) is 34.5 Å². The van der Waals surface area contributed by atoms with Crippen LogP contribution in [-0.2, 0) is 13.1 Å². The number of amides is 1. The van der Waals surface area contributed by atoms with Gasteiger partial charge in [-0.15, -0.1) is 0 Å². The van der Waals surface area contributed by atoms with E-state index in [-0.39, 0.29) is 11.5 Å². The van der Waals surface area contributed by atoms with E-state index in [2.05, 4.69) is 15.4 Å². The van der Waals surface area contributed by atoms with Crippen molar-refractivity contribution >= 4 is 39.3 Å². The van der Waals surface area contributed by atoms with E-state index in [4.69, 9.17) is 11.6 Å². The van der Waals surface area contributed by atoms with Crippen LogP contribution in [0.25, 0.3) is 21.8 Å². The van der Waals surface area contributed by atoms with E-state index >= 15 is 0 Å². The predicted molar refractivity (Wildman–Crippen MR) is 129 cm³/mol. The number of carbonyl (C=O) groups excluding carboxylic acids is 1. The molecule has 164 valence electrons. The van der Waals surface area contributed by atoms with E-state index in [0.717, 1.165) is 16.3 Å². The van der Waals surface area contributed by atoms with Crippen molar-refractivity contribution in [1.29, 1.82) is 0 Å². The maximum absolute atomic E-state index is 12.9. The van der Waals surface area contributed by atoms with Gasteiger partial charge in [-0.3, -0.25) is 14.2 Å². The summed E-state index contributed by atoms with van der Waals surface area (Å²) in [6, 6.07) is 20.8. The Hall–Kier alpha value is -3.97. The summed E-state index contributed by atoms with van der Waals surface area (Å²) in [5, 5.41) is 10.2. The summed E-state index contributed by atoms with van der Waals surface area (Å²) in [7, 11) is 0. The fourth-order valence-corrected chi connectivity index (χ4v) is 4.11. The highest BCUT2D eigenvalue weighted by Crippen LogP contribution is 2.18. The smallest absolute Gasteiger partial charge is 0.264 e. The molecule has 1 amide bonds. The van der Waals surface area contributed by atoms with Crippen molar-refractivity contribution in [2.45, 2.75) is 13.1 Å².